The standard InChI is InChI=1S/C34H38FN5O5/c1-23(24-4-6-25(35)7-5-24)37-34(41)38-26-8-10-27(11-9-26)45-29-12-13-36-28-22-30(32-33(31(28)29)44-21-20-43-32)42-19-3-14-40-17-15-39(2)16-18-40/h4-13,22-23H,3,14-21H2,1-2H3,(H2,37,38,41)/t23-/m1/s1. The van der Waals surface area contributed by atoms with Crippen LogP contribution in [-0.2, 0) is 0 Å². The molecule has 0 radical (unpaired) electrons. The van der Waals surface area contributed by atoms with Crippen LogP contribution in [-0.4, -0.2) is 80.4 Å². The van der Waals surface area contributed by atoms with E-state index in [1.54, 1.807) is 48.7 Å². The fourth-order valence-corrected chi connectivity index (χ4v) is 5.44. The molecule has 11 heteroatoms. The monoisotopic (exact) mass is 615 g/mol. The number of halogens is 1. The van der Waals surface area contributed by atoms with Gasteiger partial charge in [0.15, 0.2) is 11.5 Å². The van der Waals surface area contributed by atoms with Crippen molar-refractivity contribution in [2.24, 2.45) is 0 Å². The number of hydrogen-bond acceptors (Lipinski definition) is 8. The average molecular weight is 616 g/mol. The molecule has 0 spiro atoms. The van der Waals surface area contributed by atoms with Gasteiger partial charge in [-0.15, -0.1) is 0 Å². The number of carbonyl (C=O) groups excluding carboxylic acids is 1. The molecule has 1 atom stereocenters. The van der Waals surface area contributed by atoms with Crippen molar-refractivity contribution in [2.75, 3.05) is 64.9 Å². The second kappa shape index (κ2) is 14.0. The summed E-state index contributed by atoms with van der Waals surface area (Å²) in [5.74, 6) is 2.55. The van der Waals surface area contributed by atoms with Gasteiger partial charge in [0, 0.05) is 50.7 Å². The van der Waals surface area contributed by atoms with E-state index in [4.69, 9.17) is 18.9 Å². The molecule has 0 aliphatic carbocycles. The number of amides is 2. The molecule has 3 aromatic carbocycles. The molecule has 3 heterocycles. The number of piperazine rings is 1. The summed E-state index contributed by atoms with van der Waals surface area (Å²) in [6, 6.07) is 16.1. The molecule has 1 saturated heterocycles. The fraction of sp³-hybridized carbons (Fsp3) is 0.353. The van der Waals surface area contributed by atoms with E-state index in [0.717, 1.165) is 44.7 Å². The summed E-state index contributed by atoms with van der Waals surface area (Å²) in [4.78, 5) is 21.9. The van der Waals surface area contributed by atoms with Crippen LogP contribution in [0.3, 0.4) is 0 Å². The lowest BCUT2D eigenvalue weighted by Gasteiger charge is -2.32. The minimum Gasteiger partial charge on any atom is -0.489 e. The number of urea groups is 1. The van der Waals surface area contributed by atoms with Crippen LogP contribution in [0.25, 0.3) is 10.9 Å². The van der Waals surface area contributed by atoms with Crippen molar-refractivity contribution >= 4 is 22.6 Å². The third kappa shape index (κ3) is 7.55. The van der Waals surface area contributed by atoms with Crippen LogP contribution in [0.1, 0.15) is 24.9 Å². The summed E-state index contributed by atoms with van der Waals surface area (Å²) in [6.45, 7) is 8.58. The molecule has 10 nitrogen and oxygen atoms in total. The number of anilines is 1. The molecule has 236 valence electrons. The van der Waals surface area contributed by atoms with Crippen molar-refractivity contribution in [2.45, 2.75) is 19.4 Å². The van der Waals surface area contributed by atoms with E-state index in [-0.39, 0.29) is 17.9 Å². The molecule has 2 aliphatic rings. The van der Waals surface area contributed by atoms with Gasteiger partial charge in [-0.1, -0.05) is 12.1 Å². The van der Waals surface area contributed by atoms with E-state index in [1.807, 2.05) is 13.0 Å². The van der Waals surface area contributed by atoms with Gasteiger partial charge in [-0.3, -0.25) is 4.98 Å². The van der Waals surface area contributed by atoms with Crippen molar-refractivity contribution < 1.29 is 28.1 Å². The van der Waals surface area contributed by atoms with Crippen LogP contribution in [0, 0.1) is 5.82 Å². The second-order valence-corrected chi connectivity index (χ2v) is 11.3. The molecule has 1 aromatic heterocycles. The van der Waals surface area contributed by atoms with Crippen LogP contribution >= 0.6 is 0 Å². The van der Waals surface area contributed by atoms with E-state index in [0.29, 0.717) is 65.2 Å². The molecule has 4 aromatic rings. The van der Waals surface area contributed by atoms with Gasteiger partial charge in [-0.05, 0) is 68.4 Å². The number of benzene rings is 3. The molecule has 6 rings (SSSR count). The van der Waals surface area contributed by atoms with Crippen LogP contribution in [0.4, 0.5) is 14.9 Å². The topological polar surface area (TPSA) is 97.4 Å². The molecule has 2 amide bonds. The Morgan fingerprint density at radius 3 is 2.47 bits per heavy atom. The normalized spacial score (nSPS) is 15.8. The third-order valence-electron chi connectivity index (χ3n) is 7.97. The Bertz CT molecular complexity index is 1610. The van der Waals surface area contributed by atoms with Gasteiger partial charge >= 0.3 is 6.03 Å². The van der Waals surface area contributed by atoms with E-state index < -0.39 is 0 Å². The van der Waals surface area contributed by atoms with Gasteiger partial charge in [0.1, 0.15) is 30.5 Å². The van der Waals surface area contributed by atoms with Crippen molar-refractivity contribution in [3.63, 3.8) is 0 Å². The van der Waals surface area contributed by atoms with Crippen molar-refractivity contribution in [1.29, 1.82) is 0 Å². The number of carbonyl (C=O) groups is 1. The number of rotatable bonds is 10. The molecule has 2 aliphatic heterocycles. The summed E-state index contributed by atoms with van der Waals surface area (Å²) >= 11 is 0. The van der Waals surface area contributed by atoms with Crippen LogP contribution < -0.4 is 29.6 Å². The van der Waals surface area contributed by atoms with Crippen molar-refractivity contribution in [1.82, 2.24) is 20.1 Å². The molecule has 2 N–H and O–H groups in total. The van der Waals surface area contributed by atoms with Gasteiger partial charge in [0.2, 0.25) is 5.75 Å². The van der Waals surface area contributed by atoms with Gasteiger partial charge in [0.25, 0.3) is 0 Å². The van der Waals surface area contributed by atoms with E-state index in [1.165, 1.54) is 12.1 Å². The van der Waals surface area contributed by atoms with Crippen LogP contribution in [0.2, 0.25) is 0 Å². The highest BCUT2D eigenvalue weighted by molar-refractivity contribution is 5.95. The first-order valence-corrected chi connectivity index (χ1v) is 15.3. The van der Waals surface area contributed by atoms with Crippen molar-refractivity contribution in [3.8, 4) is 28.7 Å². The van der Waals surface area contributed by atoms with Gasteiger partial charge in [-0.2, -0.15) is 0 Å². The number of fused-ring (bicyclic) bond motifs is 3. The molecule has 0 unspecified atom stereocenters. The van der Waals surface area contributed by atoms with Gasteiger partial charge in [-0.25, -0.2) is 9.18 Å². The number of ether oxygens (including phenoxy) is 4. The summed E-state index contributed by atoms with van der Waals surface area (Å²) in [5, 5.41) is 6.37. The predicted molar refractivity (Wildman–Crippen MR) is 170 cm³/mol. The molecular weight excluding hydrogens is 577 g/mol. The minimum absolute atomic E-state index is 0.293. The van der Waals surface area contributed by atoms with Gasteiger partial charge in [0.05, 0.1) is 23.6 Å². The molecule has 0 bridgehead atoms. The van der Waals surface area contributed by atoms with E-state index >= 15 is 0 Å². The smallest absolute Gasteiger partial charge is 0.319 e. The molecular formula is C34H38FN5O5. The summed E-state index contributed by atoms with van der Waals surface area (Å²) in [6.07, 6.45) is 2.60. The highest BCUT2D eigenvalue weighted by Gasteiger charge is 2.25. The number of likely N-dealkylation sites (N-methyl/N-ethyl adjacent to an activating group) is 1. The maximum absolute atomic E-state index is 13.2. The Kier molecular flexibility index (Phi) is 9.46. The van der Waals surface area contributed by atoms with Gasteiger partial charge < -0.3 is 39.4 Å². The number of nitrogens with zero attached hydrogens (tertiary/aromatic N) is 3. The second-order valence-electron chi connectivity index (χ2n) is 11.3. The number of pyridine rings is 1. The molecule has 1 fully saturated rings. The molecule has 45 heavy (non-hydrogen) atoms. The summed E-state index contributed by atoms with van der Waals surface area (Å²) < 4.78 is 37.8. The first-order chi connectivity index (χ1) is 21.9. The minimum atomic E-state index is -0.373. The SMILES string of the molecule is C[C@@H](NC(=O)Nc1ccc(Oc2ccnc3cc(OCCCN4CCN(C)CC4)c4c(c23)OCCO4)cc1)c1ccc(F)cc1. The summed E-state index contributed by atoms with van der Waals surface area (Å²) in [5.41, 5.74) is 2.07. The van der Waals surface area contributed by atoms with Crippen LogP contribution in [0.5, 0.6) is 28.7 Å². The lowest BCUT2D eigenvalue weighted by molar-refractivity contribution is 0.142. The van der Waals surface area contributed by atoms with E-state index in [2.05, 4.69) is 32.5 Å². The fourth-order valence-electron chi connectivity index (χ4n) is 5.44. The zero-order chi connectivity index (χ0) is 31.2. The van der Waals surface area contributed by atoms with E-state index in [9.17, 15) is 9.18 Å². The number of aromatic nitrogens is 1. The lowest BCUT2D eigenvalue weighted by Crippen LogP contribution is -2.44. The first kappa shape index (κ1) is 30.4. The Hall–Kier alpha value is -4.61. The number of nitrogens with one attached hydrogen (secondary N) is 2. The zero-order valence-electron chi connectivity index (χ0n) is 25.6. The highest BCUT2D eigenvalue weighted by Crippen LogP contribution is 2.48. The van der Waals surface area contributed by atoms with Crippen LogP contribution in [0.15, 0.2) is 66.9 Å². The maximum Gasteiger partial charge on any atom is 0.319 e. The van der Waals surface area contributed by atoms with Crippen molar-refractivity contribution in [3.05, 3.63) is 78.2 Å². The number of hydrogen-bond donors (Lipinski definition) is 2. The largest absolute Gasteiger partial charge is 0.489 e. The molecule has 0 saturated carbocycles. The Labute approximate surface area is 262 Å². The first-order valence-electron chi connectivity index (χ1n) is 15.3. The average Bonchev–Trinajstić information content (AvgIpc) is 3.05. The predicted octanol–water partition coefficient (Wildman–Crippen LogP) is 5.84. The zero-order valence-corrected chi connectivity index (χ0v) is 25.6. The third-order valence-corrected chi connectivity index (χ3v) is 7.97. The Balaban J connectivity index is 1.10. The quantitative estimate of drug-likeness (QED) is 0.215. The maximum atomic E-state index is 13.2. The highest BCUT2D eigenvalue weighted by atomic mass is 19.1. The Morgan fingerprint density at radius 2 is 1.71 bits per heavy atom. The summed E-state index contributed by atoms with van der Waals surface area (Å²) in [7, 11) is 2.16. The lowest BCUT2D eigenvalue weighted by atomic mass is 10.1. The Morgan fingerprint density at radius 1 is 0.978 bits per heavy atom.